The molecular formula is C17H20N6OS. The molecule has 1 fully saturated rings. The van der Waals surface area contributed by atoms with Gasteiger partial charge < -0.3 is 5.32 Å². The number of amides is 1. The molecule has 1 aromatic carbocycles. The number of aryl methyl sites for hydroxylation is 2. The van der Waals surface area contributed by atoms with Crippen LogP contribution < -0.4 is 5.32 Å². The van der Waals surface area contributed by atoms with Gasteiger partial charge in [-0.25, -0.2) is 0 Å². The van der Waals surface area contributed by atoms with Gasteiger partial charge in [-0.3, -0.25) is 4.79 Å². The van der Waals surface area contributed by atoms with E-state index in [4.69, 9.17) is 0 Å². The van der Waals surface area contributed by atoms with Crippen molar-refractivity contribution >= 4 is 17.7 Å². The monoisotopic (exact) mass is 356 g/mol. The quantitative estimate of drug-likeness (QED) is 0.826. The van der Waals surface area contributed by atoms with Crippen molar-refractivity contribution in [2.45, 2.75) is 50.2 Å². The van der Waals surface area contributed by atoms with Crippen LogP contribution >= 0.6 is 11.8 Å². The maximum Gasteiger partial charge on any atom is 0.231 e. The average Bonchev–Trinajstić information content (AvgIpc) is 3.25. The van der Waals surface area contributed by atoms with Gasteiger partial charge in [-0.2, -0.15) is 9.94 Å². The van der Waals surface area contributed by atoms with Gasteiger partial charge in [0.15, 0.2) is 0 Å². The van der Waals surface area contributed by atoms with Crippen molar-refractivity contribution in [2.24, 2.45) is 0 Å². The highest BCUT2D eigenvalue weighted by atomic mass is 32.2. The summed E-state index contributed by atoms with van der Waals surface area (Å²) in [6.45, 7) is 4.08. The molecule has 1 N–H and O–H groups in total. The summed E-state index contributed by atoms with van der Waals surface area (Å²) < 4.78 is 1.63. The second kappa shape index (κ2) is 7.23. The highest BCUT2D eigenvalue weighted by molar-refractivity contribution is 7.99. The number of benzene rings is 1. The van der Waals surface area contributed by atoms with Crippen molar-refractivity contribution in [3.05, 3.63) is 29.3 Å². The Morgan fingerprint density at radius 2 is 2.12 bits per heavy atom. The molecule has 1 amide bonds. The lowest BCUT2D eigenvalue weighted by atomic mass is 10.0. The third kappa shape index (κ3) is 3.82. The number of nitrogens with one attached hydrogen (secondary N) is 1. The molecule has 8 heteroatoms. The fourth-order valence-corrected chi connectivity index (χ4v) is 3.66. The molecule has 7 nitrogen and oxygen atoms in total. The van der Waals surface area contributed by atoms with E-state index in [1.54, 1.807) is 4.68 Å². The van der Waals surface area contributed by atoms with Gasteiger partial charge in [0.25, 0.3) is 0 Å². The summed E-state index contributed by atoms with van der Waals surface area (Å²) in [5.41, 5.74) is 2.51. The minimum absolute atomic E-state index is 0.164. The topological polar surface area (TPSA) is 96.5 Å². The zero-order valence-corrected chi connectivity index (χ0v) is 15.1. The predicted octanol–water partition coefficient (Wildman–Crippen LogP) is 2.32. The van der Waals surface area contributed by atoms with Gasteiger partial charge in [0.05, 0.1) is 17.5 Å². The number of thioether (sulfide) groups is 1. The standard InChI is InChI=1S/C17H20N6OS/c1-12-5-6-14(9-13(12)2)23-16(20-21-22-23)25-10-15(24)19-17(11-18)7-3-4-8-17/h5-6,9H,3-4,7-8,10H2,1-2H3,(H,19,24). The van der Waals surface area contributed by atoms with E-state index in [9.17, 15) is 10.1 Å². The van der Waals surface area contributed by atoms with Gasteiger partial charge in [-0.05, 0) is 73.2 Å². The fourth-order valence-electron chi connectivity index (χ4n) is 2.96. The van der Waals surface area contributed by atoms with Gasteiger partial charge in [0.1, 0.15) is 5.54 Å². The summed E-state index contributed by atoms with van der Waals surface area (Å²) in [6.07, 6.45) is 3.40. The maximum atomic E-state index is 12.2. The van der Waals surface area contributed by atoms with Gasteiger partial charge in [0, 0.05) is 0 Å². The van der Waals surface area contributed by atoms with Gasteiger partial charge in [-0.15, -0.1) is 5.10 Å². The lowest BCUT2D eigenvalue weighted by molar-refractivity contribution is -0.119. The van der Waals surface area contributed by atoms with Crippen LogP contribution in [0.3, 0.4) is 0 Å². The number of hydrogen-bond acceptors (Lipinski definition) is 6. The van der Waals surface area contributed by atoms with Crippen molar-refractivity contribution in [3.8, 4) is 11.8 Å². The molecule has 0 radical (unpaired) electrons. The van der Waals surface area contributed by atoms with Crippen LogP contribution in [0.1, 0.15) is 36.8 Å². The number of carbonyl (C=O) groups is 1. The molecule has 0 saturated heterocycles. The molecule has 0 bridgehead atoms. The summed E-state index contributed by atoms with van der Waals surface area (Å²) in [4.78, 5) is 12.2. The van der Waals surface area contributed by atoms with Gasteiger partial charge in [-0.1, -0.05) is 17.8 Å². The second-order valence-corrected chi connectivity index (χ2v) is 7.32. The van der Waals surface area contributed by atoms with Crippen molar-refractivity contribution < 1.29 is 4.79 Å². The first-order valence-corrected chi connectivity index (χ1v) is 9.23. The smallest absolute Gasteiger partial charge is 0.231 e. The molecule has 130 valence electrons. The Morgan fingerprint density at radius 1 is 1.36 bits per heavy atom. The third-order valence-electron chi connectivity index (χ3n) is 4.56. The molecule has 0 atom stereocenters. The van der Waals surface area contributed by atoms with Crippen LogP contribution in [0.15, 0.2) is 23.4 Å². The second-order valence-electron chi connectivity index (χ2n) is 6.38. The molecule has 2 aromatic rings. The van der Waals surface area contributed by atoms with E-state index in [-0.39, 0.29) is 11.7 Å². The number of rotatable bonds is 5. The minimum Gasteiger partial charge on any atom is -0.337 e. The molecule has 1 aliphatic carbocycles. The van der Waals surface area contributed by atoms with Crippen molar-refractivity contribution in [1.29, 1.82) is 5.26 Å². The van der Waals surface area contributed by atoms with E-state index in [1.807, 2.05) is 32.0 Å². The molecule has 1 aromatic heterocycles. The van der Waals surface area contributed by atoms with E-state index in [0.717, 1.165) is 36.9 Å². The van der Waals surface area contributed by atoms with Crippen LogP contribution in [0.2, 0.25) is 0 Å². The van der Waals surface area contributed by atoms with Crippen LogP contribution in [0.4, 0.5) is 0 Å². The molecule has 0 unspecified atom stereocenters. The Labute approximate surface area is 150 Å². The van der Waals surface area contributed by atoms with Gasteiger partial charge >= 0.3 is 0 Å². The summed E-state index contributed by atoms with van der Waals surface area (Å²) in [6, 6.07) is 8.24. The number of hydrogen-bond donors (Lipinski definition) is 1. The first-order chi connectivity index (χ1) is 12.0. The largest absolute Gasteiger partial charge is 0.337 e. The Balaban J connectivity index is 1.66. The number of carbonyl (C=O) groups excluding carboxylic acids is 1. The predicted molar refractivity (Wildman–Crippen MR) is 94.3 cm³/mol. The molecule has 0 spiro atoms. The molecule has 0 aliphatic heterocycles. The normalized spacial score (nSPS) is 15.7. The summed E-state index contributed by atoms with van der Waals surface area (Å²) >= 11 is 1.26. The third-order valence-corrected chi connectivity index (χ3v) is 5.48. The minimum atomic E-state index is -0.697. The van der Waals surface area contributed by atoms with Crippen LogP contribution in [0.5, 0.6) is 0 Å². The van der Waals surface area contributed by atoms with E-state index in [1.165, 1.54) is 17.3 Å². The highest BCUT2D eigenvalue weighted by Gasteiger charge is 2.35. The van der Waals surface area contributed by atoms with E-state index >= 15 is 0 Å². The lowest BCUT2D eigenvalue weighted by Gasteiger charge is -2.21. The summed E-state index contributed by atoms with van der Waals surface area (Å²) in [5.74, 6) is 0.0114. The van der Waals surface area contributed by atoms with Gasteiger partial charge in [0.2, 0.25) is 11.1 Å². The van der Waals surface area contributed by atoms with E-state index in [2.05, 4.69) is 26.9 Å². The zero-order valence-electron chi connectivity index (χ0n) is 14.3. The van der Waals surface area contributed by atoms with E-state index < -0.39 is 5.54 Å². The molecule has 1 aliphatic rings. The van der Waals surface area contributed by atoms with Crippen molar-refractivity contribution in [2.75, 3.05) is 5.75 Å². The molecule has 3 rings (SSSR count). The van der Waals surface area contributed by atoms with Crippen molar-refractivity contribution in [1.82, 2.24) is 25.5 Å². The Kier molecular flexibility index (Phi) is 5.04. The number of tetrazole rings is 1. The Bertz CT molecular complexity index is 819. The van der Waals surface area contributed by atoms with Crippen LogP contribution in [-0.4, -0.2) is 37.4 Å². The van der Waals surface area contributed by atoms with Crippen LogP contribution in [-0.2, 0) is 4.79 Å². The molecule has 25 heavy (non-hydrogen) atoms. The average molecular weight is 356 g/mol. The molecular weight excluding hydrogens is 336 g/mol. The van der Waals surface area contributed by atoms with E-state index in [0.29, 0.717) is 5.16 Å². The summed E-state index contributed by atoms with van der Waals surface area (Å²) in [7, 11) is 0. The van der Waals surface area contributed by atoms with Crippen LogP contribution in [0, 0.1) is 25.2 Å². The number of nitrogens with zero attached hydrogens (tertiary/aromatic N) is 5. The first kappa shape index (κ1) is 17.4. The lowest BCUT2D eigenvalue weighted by Crippen LogP contribution is -2.45. The van der Waals surface area contributed by atoms with Crippen molar-refractivity contribution in [3.63, 3.8) is 0 Å². The molecule has 1 heterocycles. The maximum absolute atomic E-state index is 12.2. The molecule has 1 saturated carbocycles. The highest BCUT2D eigenvalue weighted by Crippen LogP contribution is 2.29. The fraction of sp³-hybridized carbons (Fsp3) is 0.471. The SMILES string of the molecule is Cc1ccc(-n2nnnc2SCC(=O)NC2(C#N)CCCC2)cc1C. The Hall–Kier alpha value is -2.40. The number of nitriles is 1. The number of aromatic nitrogens is 4. The van der Waals surface area contributed by atoms with Crippen LogP contribution in [0.25, 0.3) is 5.69 Å². The first-order valence-electron chi connectivity index (χ1n) is 8.24. The Morgan fingerprint density at radius 3 is 2.80 bits per heavy atom. The zero-order chi connectivity index (χ0) is 17.9. The summed E-state index contributed by atoms with van der Waals surface area (Å²) in [5, 5.41) is 24.5.